The maximum atomic E-state index is 12.1. The number of alkyl carbamates (subject to hydrolysis) is 2. The number of aromatic hydroxyl groups is 4. The summed E-state index contributed by atoms with van der Waals surface area (Å²) in [6, 6.07) is 62.2. The van der Waals surface area contributed by atoms with E-state index >= 15 is 0 Å². The number of para-hydroxylation sites is 7. The van der Waals surface area contributed by atoms with Gasteiger partial charge in [0, 0.05) is 96.9 Å². The van der Waals surface area contributed by atoms with Crippen LogP contribution in [0.2, 0.25) is 0 Å². The third kappa shape index (κ3) is 27.6. The van der Waals surface area contributed by atoms with Gasteiger partial charge in [0.1, 0.15) is 94.1 Å². The number of carboxylic acid groups (broad SMARTS) is 1. The van der Waals surface area contributed by atoms with Gasteiger partial charge in [-0.25, -0.2) is 9.59 Å². The zero-order chi connectivity index (χ0) is 92.6. The minimum absolute atomic E-state index is 0. The smallest absolute Gasteiger partial charge is 0.498 e. The molecular formula is C100H107BBr2N4O22. The van der Waals surface area contributed by atoms with Gasteiger partial charge in [0.25, 0.3) is 0 Å². The number of nitriles is 1. The Kier molecular flexibility index (Phi) is 35.1. The summed E-state index contributed by atoms with van der Waals surface area (Å²) in [6.45, 7) is 24.4. The van der Waals surface area contributed by atoms with Crippen molar-refractivity contribution in [3.05, 3.63) is 284 Å². The molecule has 1 fully saturated rings. The van der Waals surface area contributed by atoms with E-state index in [1.165, 1.54) is 0 Å². The Morgan fingerprint density at radius 1 is 0.457 bits per heavy atom. The van der Waals surface area contributed by atoms with Crippen molar-refractivity contribution >= 4 is 107 Å². The van der Waals surface area contributed by atoms with E-state index in [-0.39, 0.29) is 100 Å². The summed E-state index contributed by atoms with van der Waals surface area (Å²) in [5.74, 6) is 0.575. The largest absolute Gasteiger partial charge is 0.507 e. The average Bonchev–Trinajstić information content (AvgIpc) is 1.68. The van der Waals surface area contributed by atoms with Crippen LogP contribution < -0.4 is 36.0 Å². The predicted molar refractivity (Wildman–Crippen MR) is 500 cm³/mol. The molecule has 4 heterocycles. The van der Waals surface area contributed by atoms with Crippen molar-refractivity contribution in [1.82, 2.24) is 10.6 Å². The number of hydrogen-bond donors (Lipinski definition) is 8. The number of benzene rings is 10. The predicted octanol–water partition coefficient (Wildman–Crippen LogP) is 21.2. The van der Waals surface area contributed by atoms with Crippen LogP contribution in [0.5, 0.6) is 40.2 Å². The second-order valence-corrected chi connectivity index (χ2v) is 34.0. The highest BCUT2D eigenvalue weighted by Crippen LogP contribution is 2.42. The molecule has 2 amide bonds. The standard InChI is InChI=1S/C31H33NO7.C25H29BO6.C24H21NO5.C12H16BrNO3.C7H4BrNO.CH4/c1-5-36-27(33)17-21-9-6-7-12-26(21)38-19-20-15-22-13-14-37-29(22)25(16-20)24-11-8-10-23(28(24)34)18-32-30(35)39-31(2,3)4;1-6-28-22(27)15-18-9-7-8-10-21(18)30-16-17-13-19-11-12-29-23(19)20(14-17)26-31-24(2,3)25(4,5)32-26;25-13-18-5-3-6-19(23(18)28)20-11-15(10-17-8-9-29-24(17)20)14-30-21-7-2-1-4-16(21)12-22(26)27;1-12(2,3)17-11(16)14-7-8-5-4-6-9(13)10(8)15;8-6-3-1-2-5(4-9)7(6)10;/h6-16,34H,5,17-19H2,1-4H3,(H,32,35);7-14H,6,15-16H2,1-5H3;1-11,28H,12-14,25H2,(H,26,27);4-6,15H,7H2,1-3H3,(H,14,16);1-3,10H;1H4. The number of aliphatic carboxylic acids is 1. The number of ether oxygens (including phenoxy) is 7. The summed E-state index contributed by atoms with van der Waals surface area (Å²) in [4.78, 5) is 58.6. The maximum absolute atomic E-state index is 12.1. The first-order valence-electron chi connectivity index (χ1n) is 41.1. The monoisotopic (exact) mass is 1880 g/mol. The van der Waals surface area contributed by atoms with Crippen molar-refractivity contribution in [3.8, 4) is 68.6 Å². The number of nitrogens with one attached hydrogen (secondary N) is 2. The van der Waals surface area contributed by atoms with Gasteiger partial charge in [-0.2, -0.15) is 5.26 Å². The lowest BCUT2D eigenvalue weighted by atomic mass is 9.77. The number of phenolic OH excluding ortho intramolecular Hbond substituents is 4. The van der Waals surface area contributed by atoms with Gasteiger partial charge in [0.2, 0.25) is 0 Å². The average molecular weight is 1890 g/mol. The number of halogens is 2. The molecule has 129 heavy (non-hydrogen) atoms. The summed E-state index contributed by atoms with van der Waals surface area (Å²) in [5.41, 5.74) is 16.1. The molecule has 26 nitrogen and oxygen atoms in total. The van der Waals surface area contributed by atoms with Crippen LogP contribution in [0.25, 0.3) is 55.2 Å². The Hall–Kier alpha value is -13.2. The first-order chi connectivity index (χ1) is 60.9. The fourth-order valence-electron chi connectivity index (χ4n) is 13.2. The molecule has 0 unspecified atom stereocenters. The van der Waals surface area contributed by atoms with Crippen LogP contribution in [0.4, 0.5) is 9.59 Å². The molecule has 0 atom stereocenters. The number of amides is 2. The Labute approximate surface area is 766 Å². The van der Waals surface area contributed by atoms with Gasteiger partial charge in [-0.1, -0.05) is 123 Å². The third-order valence-corrected chi connectivity index (χ3v) is 21.2. The van der Waals surface area contributed by atoms with Crippen LogP contribution in [0.15, 0.2) is 241 Å². The number of furan rings is 3. The number of nitrogens with zero attached hydrogens (tertiary/aromatic N) is 1. The molecule has 3 aromatic heterocycles. The number of esters is 2. The van der Waals surface area contributed by atoms with Crippen LogP contribution in [-0.4, -0.2) is 98.4 Å². The van der Waals surface area contributed by atoms with Crippen LogP contribution in [0, 0.1) is 11.3 Å². The van der Waals surface area contributed by atoms with Crippen LogP contribution in [-0.2, 0) is 101 Å². The fraction of sp³-hybridized carbons (Fsp3) is 0.280. The molecule has 1 saturated heterocycles. The van der Waals surface area contributed by atoms with Crippen molar-refractivity contribution in [2.75, 3.05) is 13.2 Å². The van der Waals surface area contributed by atoms with E-state index in [2.05, 4.69) is 42.5 Å². The number of fused-ring (bicyclic) bond motifs is 3. The van der Waals surface area contributed by atoms with Crippen molar-refractivity contribution in [1.29, 1.82) is 5.26 Å². The summed E-state index contributed by atoms with van der Waals surface area (Å²) in [6.07, 6.45) is 3.97. The van der Waals surface area contributed by atoms with Crippen molar-refractivity contribution in [2.45, 2.75) is 172 Å². The summed E-state index contributed by atoms with van der Waals surface area (Å²) in [5, 5.41) is 66.1. The zero-order valence-electron chi connectivity index (χ0n) is 73.1. The first-order valence-corrected chi connectivity index (χ1v) is 42.7. The highest BCUT2D eigenvalue weighted by molar-refractivity contribution is 9.11. The van der Waals surface area contributed by atoms with E-state index in [1.807, 2.05) is 161 Å². The van der Waals surface area contributed by atoms with Crippen molar-refractivity contribution in [3.63, 3.8) is 0 Å². The van der Waals surface area contributed by atoms with E-state index in [4.69, 9.17) is 76.9 Å². The second-order valence-electron chi connectivity index (χ2n) is 32.3. The molecule has 0 aliphatic carbocycles. The van der Waals surface area contributed by atoms with Crippen molar-refractivity contribution < 1.29 is 105 Å². The third-order valence-electron chi connectivity index (χ3n) is 20.0. The van der Waals surface area contributed by atoms with Gasteiger partial charge in [0.05, 0.1) is 77.0 Å². The first kappa shape index (κ1) is 99.5. The van der Waals surface area contributed by atoms with Gasteiger partial charge in [0.15, 0.2) is 0 Å². The highest BCUT2D eigenvalue weighted by atomic mass is 79.9. The number of hydrogen-bond acceptors (Lipinski definition) is 23. The fourth-order valence-corrected chi connectivity index (χ4v) is 14.0. The molecule has 0 saturated carbocycles. The van der Waals surface area contributed by atoms with Gasteiger partial charge in [-0.15, -0.1) is 0 Å². The molecule has 29 heteroatoms. The molecule has 10 aromatic carbocycles. The van der Waals surface area contributed by atoms with E-state index in [1.54, 1.807) is 147 Å². The summed E-state index contributed by atoms with van der Waals surface area (Å²) in [7, 11) is -0.537. The van der Waals surface area contributed by atoms with Crippen LogP contribution in [0.3, 0.4) is 0 Å². The Bertz CT molecular complexity index is 6080. The molecule has 1 aliphatic rings. The molecule has 0 spiro atoms. The normalized spacial score (nSPS) is 12.3. The van der Waals surface area contributed by atoms with E-state index in [0.717, 1.165) is 60.6 Å². The van der Waals surface area contributed by atoms with Gasteiger partial charge in [-0.05, 0) is 217 Å². The lowest BCUT2D eigenvalue weighted by molar-refractivity contribution is -0.143. The van der Waals surface area contributed by atoms with Crippen molar-refractivity contribution in [2.24, 2.45) is 5.73 Å². The summed E-state index contributed by atoms with van der Waals surface area (Å²) >= 11 is 6.29. The van der Waals surface area contributed by atoms with E-state index in [0.29, 0.717) is 96.1 Å². The molecule has 676 valence electrons. The van der Waals surface area contributed by atoms with Gasteiger partial charge in [-0.3, -0.25) is 14.4 Å². The number of phenols is 4. The summed E-state index contributed by atoms with van der Waals surface area (Å²) < 4.78 is 69.5. The molecule has 0 bridgehead atoms. The molecule has 0 radical (unpaired) electrons. The minimum atomic E-state index is -0.914. The number of carboxylic acids is 1. The zero-order valence-corrected chi connectivity index (χ0v) is 76.3. The van der Waals surface area contributed by atoms with Gasteiger partial charge >= 0.3 is 37.2 Å². The number of carbonyl (C=O) groups is 5. The molecule has 14 rings (SSSR count). The second kappa shape index (κ2) is 45.5. The van der Waals surface area contributed by atoms with Crippen LogP contribution >= 0.6 is 31.9 Å². The lowest BCUT2D eigenvalue weighted by Gasteiger charge is -2.32. The number of carbonyl (C=O) groups excluding carboxylic acids is 4. The minimum Gasteiger partial charge on any atom is -0.507 e. The highest BCUT2D eigenvalue weighted by Gasteiger charge is 2.52. The van der Waals surface area contributed by atoms with Crippen LogP contribution in [0.1, 0.15) is 146 Å². The maximum Gasteiger partial charge on any atom is 0.498 e. The van der Waals surface area contributed by atoms with E-state index < -0.39 is 47.7 Å². The quantitative estimate of drug-likeness (QED) is 0.0150. The topological polar surface area (TPSA) is 383 Å². The SMILES string of the molecule is C.CC(C)(C)OC(=O)NCc1cccc(Br)c1O.CCOC(=O)Cc1ccccc1OCc1cc(-c2cccc(CNC(=O)OC(C)(C)C)c2O)c2occc2c1.CCOC(=O)Cc1ccccc1OCc1cc(B2OC(C)(C)C(C)(C)O2)c2occc2c1.N#Cc1cccc(Br)c1O.NCc1cccc(-c2cc(COc3ccccc3CC(=O)O)cc3ccoc23)c1O. The molecule has 13 aromatic rings. The van der Waals surface area contributed by atoms with Gasteiger partial charge < -0.3 is 97.6 Å². The lowest BCUT2D eigenvalue weighted by Crippen LogP contribution is -2.41. The van der Waals surface area contributed by atoms with E-state index in [9.17, 15) is 39.3 Å². The molecular weight excluding hydrogens is 1780 g/mol. The Morgan fingerprint density at radius 2 is 0.822 bits per heavy atom. The number of rotatable bonds is 25. The Morgan fingerprint density at radius 3 is 1.23 bits per heavy atom. The number of nitrogens with two attached hydrogens (primary N) is 1. The molecule has 9 N–H and O–H groups in total. The Balaban J connectivity index is 0.000000191. The molecule has 1 aliphatic heterocycles.